The van der Waals surface area contributed by atoms with E-state index in [1.54, 1.807) is 6.07 Å². The molecule has 6 heteroatoms. The fourth-order valence-corrected chi connectivity index (χ4v) is 4.31. The van der Waals surface area contributed by atoms with E-state index in [1.807, 2.05) is 19.9 Å². The SMILES string of the molecule is CC(C)c1cc(N2CCCCC2)cc2c1C(=O)NS2(=O)=O. The first-order chi connectivity index (χ1) is 9.90. The molecule has 1 fully saturated rings. The van der Waals surface area contributed by atoms with Crippen LogP contribution in [-0.2, 0) is 10.0 Å². The molecule has 1 N–H and O–H groups in total. The van der Waals surface area contributed by atoms with Gasteiger partial charge in [0, 0.05) is 18.8 Å². The number of amides is 1. The van der Waals surface area contributed by atoms with Gasteiger partial charge in [-0.2, -0.15) is 0 Å². The Labute approximate surface area is 125 Å². The van der Waals surface area contributed by atoms with Gasteiger partial charge in [-0.25, -0.2) is 13.1 Å². The summed E-state index contributed by atoms with van der Waals surface area (Å²) in [6.45, 7) is 5.84. The van der Waals surface area contributed by atoms with Gasteiger partial charge in [0.15, 0.2) is 0 Å². The maximum atomic E-state index is 12.1. The standard InChI is InChI=1S/C15H20N2O3S/c1-10(2)12-8-11(17-6-4-3-5-7-17)9-13-14(12)15(18)16-21(13,19)20/h8-10H,3-7H2,1-2H3,(H,16,18). The molecular weight excluding hydrogens is 288 g/mol. The van der Waals surface area contributed by atoms with E-state index in [-0.39, 0.29) is 10.8 Å². The zero-order valence-electron chi connectivity index (χ0n) is 12.3. The molecule has 1 aromatic rings. The number of nitrogens with zero attached hydrogens (tertiary/aromatic N) is 1. The van der Waals surface area contributed by atoms with Gasteiger partial charge in [0.25, 0.3) is 15.9 Å². The summed E-state index contributed by atoms with van der Waals surface area (Å²) >= 11 is 0. The van der Waals surface area contributed by atoms with Crippen LogP contribution in [0.2, 0.25) is 0 Å². The van der Waals surface area contributed by atoms with Crippen LogP contribution >= 0.6 is 0 Å². The zero-order chi connectivity index (χ0) is 15.2. The molecule has 0 bridgehead atoms. The van der Waals surface area contributed by atoms with Crippen molar-refractivity contribution in [1.29, 1.82) is 0 Å². The van der Waals surface area contributed by atoms with Gasteiger partial charge in [0.2, 0.25) is 0 Å². The second kappa shape index (κ2) is 5.02. The number of sulfonamides is 1. The monoisotopic (exact) mass is 308 g/mol. The van der Waals surface area contributed by atoms with E-state index in [1.165, 1.54) is 6.42 Å². The predicted molar refractivity (Wildman–Crippen MR) is 81.2 cm³/mol. The minimum atomic E-state index is -3.70. The minimum Gasteiger partial charge on any atom is -0.371 e. The number of piperidine rings is 1. The van der Waals surface area contributed by atoms with Gasteiger partial charge in [-0.3, -0.25) is 4.79 Å². The lowest BCUT2D eigenvalue weighted by molar-refractivity contribution is 0.0984. The summed E-state index contributed by atoms with van der Waals surface area (Å²) in [5.41, 5.74) is 2.05. The van der Waals surface area contributed by atoms with Crippen molar-refractivity contribution in [1.82, 2.24) is 4.72 Å². The van der Waals surface area contributed by atoms with E-state index in [0.29, 0.717) is 5.56 Å². The summed E-state index contributed by atoms with van der Waals surface area (Å²) in [4.78, 5) is 14.3. The first-order valence-corrected chi connectivity index (χ1v) is 8.88. The molecule has 0 unspecified atom stereocenters. The zero-order valence-corrected chi connectivity index (χ0v) is 13.2. The smallest absolute Gasteiger partial charge is 0.266 e. The number of hydrogen-bond acceptors (Lipinski definition) is 4. The van der Waals surface area contributed by atoms with E-state index < -0.39 is 15.9 Å². The third-order valence-electron chi connectivity index (χ3n) is 4.20. The van der Waals surface area contributed by atoms with Gasteiger partial charge in [0.05, 0.1) is 5.56 Å². The third kappa shape index (κ3) is 2.41. The van der Waals surface area contributed by atoms with Gasteiger partial charge in [-0.1, -0.05) is 13.8 Å². The van der Waals surface area contributed by atoms with E-state index in [4.69, 9.17) is 0 Å². The first kappa shape index (κ1) is 14.4. The van der Waals surface area contributed by atoms with Crippen LogP contribution in [0.15, 0.2) is 17.0 Å². The van der Waals surface area contributed by atoms with Crippen molar-refractivity contribution in [2.24, 2.45) is 0 Å². The van der Waals surface area contributed by atoms with Crippen molar-refractivity contribution in [3.8, 4) is 0 Å². The van der Waals surface area contributed by atoms with E-state index >= 15 is 0 Å². The molecule has 2 heterocycles. The normalized spacial score (nSPS) is 20.5. The number of benzene rings is 1. The molecule has 21 heavy (non-hydrogen) atoms. The molecular formula is C15H20N2O3S. The van der Waals surface area contributed by atoms with E-state index in [0.717, 1.165) is 37.2 Å². The van der Waals surface area contributed by atoms with Crippen LogP contribution in [0.5, 0.6) is 0 Å². The number of carbonyl (C=O) groups excluding carboxylic acids is 1. The molecule has 114 valence electrons. The second-order valence-electron chi connectivity index (χ2n) is 6.05. The number of fused-ring (bicyclic) bond motifs is 1. The minimum absolute atomic E-state index is 0.0996. The lowest BCUT2D eigenvalue weighted by Gasteiger charge is -2.30. The topological polar surface area (TPSA) is 66.5 Å². The molecule has 3 rings (SSSR count). The van der Waals surface area contributed by atoms with Crippen LogP contribution in [0.1, 0.15) is 54.9 Å². The van der Waals surface area contributed by atoms with Crippen LogP contribution in [0, 0.1) is 0 Å². The Hall–Kier alpha value is -1.56. The Kier molecular flexibility index (Phi) is 3.43. The highest BCUT2D eigenvalue weighted by atomic mass is 32.2. The number of anilines is 1. The van der Waals surface area contributed by atoms with Crippen molar-refractivity contribution in [3.05, 3.63) is 23.3 Å². The van der Waals surface area contributed by atoms with E-state index in [9.17, 15) is 13.2 Å². The highest BCUT2D eigenvalue weighted by Gasteiger charge is 2.36. The Morgan fingerprint density at radius 3 is 2.43 bits per heavy atom. The van der Waals surface area contributed by atoms with Crippen molar-refractivity contribution >= 4 is 21.6 Å². The lowest BCUT2D eigenvalue weighted by atomic mass is 9.95. The maximum absolute atomic E-state index is 12.1. The molecule has 5 nitrogen and oxygen atoms in total. The fraction of sp³-hybridized carbons (Fsp3) is 0.533. The maximum Gasteiger partial charge on any atom is 0.266 e. The molecule has 0 spiro atoms. The van der Waals surface area contributed by atoms with Crippen LogP contribution in [-0.4, -0.2) is 27.4 Å². The van der Waals surface area contributed by atoms with Gasteiger partial charge in [-0.15, -0.1) is 0 Å². The van der Waals surface area contributed by atoms with Gasteiger partial charge in [-0.05, 0) is 42.9 Å². The molecule has 1 amide bonds. The molecule has 1 saturated heterocycles. The van der Waals surface area contributed by atoms with Crippen molar-refractivity contribution < 1.29 is 13.2 Å². The molecule has 2 aliphatic heterocycles. The van der Waals surface area contributed by atoms with Crippen molar-refractivity contribution in [2.75, 3.05) is 18.0 Å². The van der Waals surface area contributed by atoms with Crippen LogP contribution in [0.3, 0.4) is 0 Å². The predicted octanol–water partition coefficient (Wildman–Crippen LogP) is 2.23. The largest absolute Gasteiger partial charge is 0.371 e. The molecule has 0 saturated carbocycles. The van der Waals surface area contributed by atoms with Crippen molar-refractivity contribution in [3.63, 3.8) is 0 Å². The summed E-state index contributed by atoms with van der Waals surface area (Å²) in [5, 5.41) is 0. The molecule has 0 aliphatic carbocycles. The average Bonchev–Trinajstić information content (AvgIpc) is 2.69. The Morgan fingerprint density at radius 1 is 1.14 bits per heavy atom. The second-order valence-corrected chi connectivity index (χ2v) is 7.70. The highest BCUT2D eigenvalue weighted by Crippen LogP contribution is 2.35. The number of carbonyl (C=O) groups is 1. The van der Waals surface area contributed by atoms with Gasteiger partial charge >= 0.3 is 0 Å². The molecule has 0 aromatic heterocycles. The molecule has 2 aliphatic rings. The Morgan fingerprint density at radius 2 is 1.81 bits per heavy atom. The molecule has 0 radical (unpaired) electrons. The lowest BCUT2D eigenvalue weighted by Crippen LogP contribution is -2.29. The fourth-order valence-electron chi connectivity index (χ4n) is 3.09. The summed E-state index contributed by atoms with van der Waals surface area (Å²) in [6.07, 6.45) is 3.47. The van der Waals surface area contributed by atoms with Crippen LogP contribution in [0.4, 0.5) is 5.69 Å². The first-order valence-electron chi connectivity index (χ1n) is 7.40. The number of rotatable bonds is 2. The quantitative estimate of drug-likeness (QED) is 0.910. The molecule has 0 atom stereocenters. The highest BCUT2D eigenvalue weighted by molar-refractivity contribution is 7.90. The summed E-state index contributed by atoms with van der Waals surface area (Å²) < 4.78 is 26.3. The Balaban J connectivity index is 2.17. The number of nitrogens with one attached hydrogen (secondary N) is 1. The van der Waals surface area contributed by atoms with Crippen LogP contribution in [0.25, 0.3) is 0 Å². The van der Waals surface area contributed by atoms with Crippen molar-refractivity contribution in [2.45, 2.75) is 43.9 Å². The summed E-state index contributed by atoms with van der Waals surface area (Å²) in [7, 11) is -3.70. The van der Waals surface area contributed by atoms with E-state index in [2.05, 4.69) is 9.62 Å². The van der Waals surface area contributed by atoms with Gasteiger partial charge in [0.1, 0.15) is 4.90 Å². The Bertz CT molecular complexity index is 689. The van der Waals surface area contributed by atoms with Gasteiger partial charge < -0.3 is 4.90 Å². The third-order valence-corrected chi connectivity index (χ3v) is 5.56. The molecule has 1 aromatic carbocycles. The summed E-state index contributed by atoms with van der Waals surface area (Å²) in [6, 6.07) is 3.63. The average molecular weight is 308 g/mol. The van der Waals surface area contributed by atoms with Crippen LogP contribution < -0.4 is 9.62 Å². The summed E-state index contributed by atoms with van der Waals surface area (Å²) in [5.74, 6) is -0.401. The number of hydrogen-bond donors (Lipinski definition) is 1.